The van der Waals surface area contributed by atoms with Gasteiger partial charge in [-0.15, -0.1) is 0 Å². The molecule has 2 amide bonds. The Morgan fingerprint density at radius 2 is 1.89 bits per heavy atom. The second-order valence-electron chi connectivity index (χ2n) is 9.81. The molecule has 0 aliphatic carbocycles. The Morgan fingerprint density at radius 3 is 2.57 bits per heavy atom. The summed E-state index contributed by atoms with van der Waals surface area (Å²) in [5.41, 5.74) is 2.29. The van der Waals surface area contributed by atoms with Crippen LogP contribution in [0, 0.1) is 5.92 Å². The standard InChI is InChI=1S/C26H36N4O4S/c1-4-14-28(2)15-13-24(31)27-22-8-9-23-25-20(22)6-5-7-21(25)26(32)30(23)18-12-19-10-16-29(17-11-19)35(3,33)34/h5-9,19H,4,10-18H2,1-3H3,(H,27,31). The third-order valence-electron chi connectivity index (χ3n) is 7.19. The van der Waals surface area contributed by atoms with E-state index in [0.717, 1.165) is 54.4 Å². The number of amides is 2. The van der Waals surface area contributed by atoms with E-state index in [-0.39, 0.29) is 11.8 Å². The Kier molecular flexibility index (Phi) is 7.78. The number of sulfonamides is 1. The molecular weight excluding hydrogens is 464 g/mol. The van der Waals surface area contributed by atoms with Crippen LogP contribution in [0.3, 0.4) is 0 Å². The van der Waals surface area contributed by atoms with Crippen LogP contribution >= 0.6 is 0 Å². The lowest BCUT2D eigenvalue weighted by Gasteiger charge is -2.31. The van der Waals surface area contributed by atoms with Crippen molar-refractivity contribution >= 4 is 44.0 Å². The van der Waals surface area contributed by atoms with Crippen LogP contribution in [0.4, 0.5) is 11.4 Å². The number of rotatable bonds is 10. The van der Waals surface area contributed by atoms with Gasteiger partial charge in [0, 0.05) is 54.6 Å². The van der Waals surface area contributed by atoms with E-state index in [1.807, 2.05) is 42.3 Å². The molecule has 4 rings (SSSR count). The number of carbonyl (C=O) groups is 2. The average molecular weight is 501 g/mol. The van der Waals surface area contributed by atoms with E-state index in [4.69, 9.17) is 0 Å². The van der Waals surface area contributed by atoms with E-state index >= 15 is 0 Å². The van der Waals surface area contributed by atoms with Gasteiger partial charge in [0.2, 0.25) is 15.9 Å². The molecule has 1 N–H and O–H groups in total. The topological polar surface area (TPSA) is 90.0 Å². The van der Waals surface area contributed by atoms with Gasteiger partial charge in [-0.05, 0) is 63.4 Å². The summed E-state index contributed by atoms with van der Waals surface area (Å²) in [7, 11) is -1.12. The normalized spacial score (nSPS) is 17.0. The Labute approximate surface area is 208 Å². The van der Waals surface area contributed by atoms with Gasteiger partial charge >= 0.3 is 0 Å². The lowest BCUT2D eigenvalue weighted by molar-refractivity contribution is -0.116. The number of anilines is 2. The molecule has 0 unspecified atom stereocenters. The number of nitrogens with zero attached hydrogens (tertiary/aromatic N) is 3. The predicted octanol–water partition coefficient (Wildman–Crippen LogP) is 3.53. The van der Waals surface area contributed by atoms with Crippen LogP contribution in [-0.4, -0.2) is 75.5 Å². The van der Waals surface area contributed by atoms with E-state index in [1.54, 1.807) is 4.31 Å². The number of hydrogen-bond acceptors (Lipinski definition) is 5. The van der Waals surface area contributed by atoms with Crippen molar-refractivity contribution in [1.29, 1.82) is 0 Å². The minimum absolute atomic E-state index is 0.0103. The molecule has 0 atom stereocenters. The molecule has 0 radical (unpaired) electrons. The minimum Gasteiger partial charge on any atom is -0.325 e. The first-order valence-electron chi connectivity index (χ1n) is 12.5. The quantitative estimate of drug-likeness (QED) is 0.539. The average Bonchev–Trinajstić information content (AvgIpc) is 3.10. The predicted molar refractivity (Wildman–Crippen MR) is 140 cm³/mol. The Bertz CT molecular complexity index is 1210. The van der Waals surface area contributed by atoms with Gasteiger partial charge in [-0.2, -0.15) is 0 Å². The molecule has 190 valence electrons. The fraction of sp³-hybridized carbons (Fsp3) is 0.538. The maximum Gasteiger partial charge on any atom is 0.258 e. The highest BCUT2D eigenvalue weighted by Crippen LogP contribution is 2.41. The highest BCUT2D eigenvalue weighted by Gasteiger charge is 2.32. The molecular formula is C26H36N4O4S. The molecule has 0 saturated carbocycles. The first-order chi connectivity index (χ1) is 16.7. The van der Waals surface area contributed by atoms with Gasteiger partial charge in [0.05, 0.1) is 11.9 Å². The van der Waals surface area contributed by atoms with E-state index in [0.29, 0.717) is 44.1 Å². The second-order valence-corrected chi connectivity index (χ2v) is 11.8. The number of carbonyl (C=O) groups excluding carboxylic acids is 2. The highest BCUT2D eigenvalue weighted by atomic mass is 32.2. The summed E-state index contributed by atoms with van der Waals surface area (Å²) in [5, 5.41) is 4.82. The summed E-state index contributed by atoms with van der Waals surface area (Å²) in [6, 6.07) is 9.50. The van der Waals surface area contributed by atoms with Crippen LogP contribution in [0.2, 0.25) is 0 Å². The molecule has 8 nitrogen and oxygen atoms in total. The SMILES string of the molecule is CCCN(C)CCC(=O)Nc1ccc2c3c(cccc13)C(=O)N2CCC1CCN(S(C)(=O)=O)CC1. The molecule has 0 bridgehead atoms. The van der Waals surface area contributed by atoms with Gasteiger partial charge in [0.25, 0.3) is 5.91 Å². The molecule has 9 heteroatoms. The Hall–Kier alpha value is -2.49. The third-order valence-corrected chi connectivity index (χ3v) is 8.49. The molecule has 0 aromatic heterocycles. The second kappa shape index (κ2) is 10.6. The summed E-state index contributed by atoms with van der Waals surface area (Å²) < 4.78 is 25.1. The van der Waals surface area contributed by atoms with Gasteiger partial charge in [-0.25, -0.2) is 12.7 Å². The lowest BCUT2D eigenvalue weighted by atomic mass is 9.94. The molecule has 2 aliphatic rings. The van der Waals surface area contributed by atoms with Gasteiger partial charge in [-0.3, -0.25) is 9.59 Å². The summed E-state index contributed by atoms with van der Waals surface area (Å²) in [6.45, 7) is 5.48. The number of hydrogen-bond donors (Lipinski definition) is 1. The molecule has 0 spiro atoms. The molecule has 1 saturated heterocycles. The number of nitrogens with one attached hydrogen (secondary N) is 1. The first kappa shape index (κ1) is 25.6. The van der Waals surface area contributed by atoms with E-state index in [1.165, 1.54) is 6.26 Å². The molecule has 2 aromatic rings. The zero-order chi connectivity index (χ0) is 25.2. The van der Waals surface area contributed by atoms with Crippen LogP contribution in [0.1, 0.15) is 49.4 Å². The monoisotopic (exact) mass is 500 g/mol. The van der Waals surface area contributed by atoms with Crippen molar-refractivity contribution in [2.75, 3.05) is 56.2 Å². The van der Waals surface area contributed by atoms with Crippen molar-refractivity contribution in [2.24, 2.45) is 5.92 Å². The van der Waals surface area contributed by atoms with Crippen molar-refractivity contribution in [2.45, 2.75) is 39.0 Å². The molecule has 2 aliphatic heterocycles. The molecule has 35 heavy (non-hydrogen) atoms. The minimum atomic E-state index is -3.14. The number of piperidine rings is 1. The van der Waals surface area contributed by atoms with Crippen LogP contribution in [0.15, 0.2) is 30.3 Å². The Morgan fingerprint density at radius 1 is 1.14 bits per heavy atom. The van der Waals surface area contributed by atoms with Crippen molar-refractivity contribution in [1.82, 2.24) is 9.21 Å². The zero-order valence-electron chi connectivity index (χ0n) is 20.9. The molecule has 1 fully saturated rings. The maximum atomic E-state index is 13.3. The van der Waals surface area contributed by atoms with Gasteiger partial charge in [0.15, 0.2) is 0 Å². The number of benzene rings is 2. The van der Waals surface area contributed by atoms with Gasteiger partial charge < -0.3 is 15.1 Å². The van der Waals surface area contributed by atoms with Crippen LogP contribution in [0.25, 0.3) is 10.8 Å². The Balaban J connectivity index is 1.44. The summed E-state index contributed by atoms with van der Waals surface area (Å²) in [4.78, 5) is 29.8. The van der Waals surface area contributed by atoms with Crippen molar-refractivity contribution in [3.05, 3.63) is 35.9 Å². The zero-order valence-corrected chi connectivity index (χ0v) is 21.7. The van der Waals surface area contributed by atoms with Crippen LogP contribution in [-0.2, 0) is 14.8 Å². The van der Waals surface area contributed by atoms with Crippen molar-refractivity contribution in [3.8, 4) is 0 Å². The van der Waals surface area contributed by atoms with E-state index in [9.17, 15) is 18.0 Å². The van der Waals surface area contributed by atoms with Crippen LogP contribution < -0.4 is 10.2 Å². The third kappa shape index (κ3) is 5.68. The van der Waals surface area contributed by atoms with E-state index in [2.05, 4.69) is 17.1 Å². The molecule has 2 heterocycles. The van der Waals surface area contributed by atoms with E-state index < -0.39 is 10.0 Å². The summed E-state index contributed by atoms with van der Waals surface area (Å²) in [6.07, 6.45) is 5.20. The fourth-order valence-corrected chi connectivity index (χ4v) is 6.09. The van der Waals surface area contributed by atoms with Crippen molar-refractivity contribution in [3.63, 3.8) is 0 Å². The largest absolute Gasteiger partial charge is 0.325 e. The van der Waals surface area contributed by atoms with Crippen molar-refractivity contribution < 1.29 is 18.0 Å². The maximum absolute atomic E-state index is 13.3. The summed E-state index contributed by atoms with van der Waals surface area (Å²) >= 11 is 0. The first-order valence-corrected chi connectivity index (χ1v) is 14.3. The van der Waals surface area contributed by atoms with Gasteiger partial charge in [-0.1, -0.05) is 19.1 Å². The molecule has 2 aromatic carbocycles. The smallest absolute Gasteiger partial charge is 0.258 e. The fourth-order valence-electron chi connectivity index (χ4n) is 5.22. The summed E-state index contributed by atoms with van der Waals surface area (Å²) in [5.74, 6) is 0.350. The van der Waals surface area contributed by atoms with Crippen LogP contribution in [0.5, 0.6) is 0 Å². The highest BCUT2D eigenvalue weighted by molar-refractivity contribution is 7.88. The van der Waals surface area contributed by atoms with Gasteiger partial charge in [0.1, 0.15) is 0 Å². The lowest BCUT2D eigenvalue weighted by Crippen LogP contribution is -2.38.